The third-order valence-electron chi connectivity index (χ3n) is 3.95. The summed E-state index contributed by atoms with van der Waals surface area (Å²) in [5, 5.41) is 18.2. The minimum absolute atomic E-state index is 0.0316. The zero-order valence-electron chi connectivity index (χ0n) is 16.4. The van der Waals surface area contributed by atoms with Gasteiger partial charge >= 0.3 is 23.7 Å². The van der Waals surface area contributed by atoms with Crippen molar-refractivity contribution in [3.8, 4) is 17.1 Å². The van der Waals surface area contributed by atoms with Crippen LogP contribution in [0, 0.1) is 10.1 Å². The third-order valence-corrected chi connectivity index (χ3v) is 3.95. The Balaban J connectivity index is 1.62. The highest BCUT2D eigenvalue weighted by molar-refractivity contribution is 5.87. The zero-order valence-corrected chi connectivity index (χ0v) is 16.4. The smallest absolute Gasteiger partial charge is 0.471 e. The Kier molecular flexibility index (Phi) is 6.70. The predicted octanol–water partition coefficient (Wildman–Crippen LogP) is 3.84. The second kappa shape index (κ2) is 9.45. The molecule has 32 heavy (non-hydrogen) atoms. The lowest BCUT2D eigenvalue weighted by Gasteiger charge is -2.07. The maximum Gasteiger partial charge on any atom is 0.471 e. The number of nitro benzene ring substituents is 1. The van der Waals surface area contributed by atoms with E-state index in [2.05, 4.69) is 19.8 Å². The summed E-state index contributed by atoms with van der Waals surface area (Å²) < 4.78 is 57.2. The van der Waals surface area contributed by atoms with Gasteiger partial charge in [0.2, 0.25) is 5.82 Å². The lowest BCUT2D eigenvalue weighted by Crippen LogP contribution is -2.05. The van der Waals surface area contributed by atoms with Gasteiger partial charge in [0, 0.05) is 24.1 Å². The third kappa shape index (κ3) is 5.39. The van der Waals surface area contributed by atoms with Crippen molar-refractivity contribution < 1.29 is 41.4 Å². The van der Waals surface area contributed by atoms with Crippen LogP contribution in [-0.4, -0.2) is 39.4 Å². The first-order chi connectivity index (χ1) is 15.2. The maximum absolute atomic E-state index is 12.6. The van der Waals surface area contributed by atoms with Gasteiger partial charge in [0.05, 0.1) is 18.1 Å². The average Bonchev–Trinajstić information content (AvgIpc) is 3.41. The molecule has 0 saturated heterocycles. The number of nitro groups is 1. The van der Waals surface area contributed by atoms with E-state index >= 15 is 0 Å². The average molecular weight is 456 g/mol. The summed E-state index contributed by atoms with van der Waals surface area (Å²) in [6.07, 6.45) is -4.13. The number of carbonyl (C=O) groups excluding carboxylic acids is 1. The fourth-order valence-corrected chi connectivity index (χ4v) is 2.54. The molecule has 11 nitrogen and oxygen atoms in total. The molecule has 170 valence electrons. The van der Waals surface area contributed by atoms with E-state index in [4.69, 9.17) is 14.0 Å². The van der Waals surface area contributed by atoms with Gasteiger partial charge in [-0.05, 0) is 25.5 Å². The van der Waals surface area contributed by atoms with Gasteiger partial charge in [-0.25, -0.2) is 4.79 Å². The molecular formula is C18H15F3N4O7. The number of aromatic nitrogens is 3. The highest BCUT2D eigenvalue weighted by atomic mass is 19.4. The van der Waals surface area contributed by atoms with E-state index in [1.165, 1.54) is 18.2 Å². The van der Waals surface area contributed by atoms with E-state index in [9.17, 15) is 28.1 Å². The highest BCUT2D eigenvalue weighted by Gasteiger charge is 2.38. The Morgan fingerprint density at radius 1 is 1.22 bits per heavy atom. The number of aryl methyl sites for hydroxylation is 1. The van der Waals surface area contributed by atoms with Gasteiger partial charge in [0.1, 0.15) is 5.76 Å². The van der Waals surface area contributed by atoms with Gasteiger partial charge in [-0.3, -0.25) is 10.1 Å². The van der Waals surface area contributed by atoms with Crippen LogP contribution in [0.1, 0.15) is 35.5 Å². The van der Waals surface area contributed by atoms with Crippen molar-refractivity contribution in [1.29, 1.82) is 0 Å². The second-order valence-electron chi connectivity index (χ2n) is 6.21. The number of benzene rings is 1. The summed E-state index contributed by atoms with van der Waals surface area (Å²) in [5.41, 5.74) is -0.495. The van der Waals surface area contributed by atoms with E-state index in [0.717, 1.165) is 6.07 Å². The van der Waals surface area contributed by atoms with Crippen molar-refractivity contribution in [3.63, 3.8) is 0 Å². The SMILES string of the molecule is CCOC(=O)c1cc(CCCOc2ccc(-c3noc(C(F)(F)F)n3)cc2[N+](=O)[O-])on1. The van der Waals surface area contributed by atoms with Gasteiger partial charge in [-0.15, -0.1) is 0 Å². The summed E-state index contributed by atoms with van der Waals surface area (Å²) in [4.78, 5) is 25.4. The lowest BCUT2D eigenvalue weighted by molar-refractivity contribution is -0.385. The number of nitrogens with zero attached hydrogens (tertiary/aromatic N) is 4. The first-order valence-corrected chi connectivity index (χ1v) is 9.14. The van der Waals surface area contributed by atoms with E-state index in [1.54, 1.807) is 6.92 Å². The number of hydrogen-bond acceptors (Lipinski definition) is 10. The molecule has 0 aliphatic carbocycles. The molecule has 2 aromatic heterocycles. The van der Waals surface area contributed by atoms with Crippen LogP contribution in [-0.2, 0) is 17.3 Å². The van der Waals surface area contributed by atoms with Gasteiger partial charge < -0.3 is 18.5 Å². The Morgan fingerprint density at radius 2 is 2.00 bits per heavy atom. The zero-order chi connectivity index (χ0) is 23.3. The molecule has 3 rings (SSSR count). The van der Waals surface area contributed by atoms with Crippen LogP contribution in [0.15, 0.2) is 33.3 Å². The summed E-state index contributed by atoms with van der Waals surface area (Å²) in [5.74, 6) is -2.32. The lowest BCUT2D eigenvalue weighted by atomic mass is 10.1. The molecular weight excluding hydrogens is 441 g/mol. The fraction of sp³-hybridized carbons (Fsp3) is 0.333. The van der Waals surface area contributed by atoms with Crippen LogP contribution < -0.4 is 4.74 Å². The molecule has 0 unspecified atom stereocenters. The van der Waals surface area contributed by atoms with Gasteiger partial charge in [0.15, 0.2) is 11.4 Å². The number of ether oxygens (including phenoxy) is 2. The molecule has 0 N–H and O–H groups in total. The van der Waals surface area contributed by atoms with Crippen molar-refractivity contribution in [2.45, 2.75) is 25.9 Å². The highest BCUT2D eigenvalue weighted by Crippen LogP contribution is 2.33. The first-order valence-electron chi connectivity index (χ1n) is 9.14. The van der Waals surface area contributed by atoms with Crippen LogP contribution >= 0.6 is 0 Å². The quantitative estimate of drug-likeness (QED) is 0.202. The summed E-state index contributed by atoms with van der Waals surface area (Å²) in [6, 6.07) is 4.91. The molecule has 0 bridgehead atoms. The molecule has 0 radical (unpaired) electrons. The number of rotatable bonds is 9. The van der Waals surface area contributed by atoms with E-state index in [1.807, 2.05) is 0 Å². The van der Waals surface area contributed by atoms with Crippen LogP contribution in [0.5, 0.6) is 5.75 Å². The standard InChI is InChI=1S/C18H15F3N4O7/c1-2-29-16(26)12-9-11(31-23-12)4-3-7-30-14-6-5-10(8-13(14)25(27)28)15-22-17(32-24-15)18(19,20)21/h5-6,8-9H,2-4,7H2,1H3. The minimum Gasteiger partial charge on any atom is -0.487 e. The molecule has 0 aliphatic heterocycles. The minimum atomic E-state index is -4.83. The second-order valence-corrected chi connectivity index (χ2v) is 6.21. The summed E-state index contributed by atoms with van der Waals surface area (Å²) in [7, 11) is 0. The largest absolute Gasteiger partial charge is 0.487 e. The Labute approximate surface area is 177 Å². The van der Waals surface area contributed by atoms with Crippen LogP contribution in [0.4, 0.5) is 18.9 Å². The van der Waals surface area contributed by atoms with Crippen molar-refractivity contribution in [2.75, 3.05) is 13.2 Å². The topological polar surface area (TPSA) is 144 Å². The molecule has 2 heterocycles. The van der Waals surface area contributed by atoms with Crippen LogP contribution in [0.3, 0.4) is 0 Å². The van der Waals surface area contributed by atoms with Crippen molar-refractivity contribution in [3.05, 3.63) is 51.7 Å². The van der Waals surface area contributed by atoms with E-state index in [0.29, 0.717) is 18.6 Å². The van der Waals surface area contributed by atoms with Gasteiger partial charge in [-0.2, -0.15) is 18.2 Å². The van der Waals surface area contributed by atoms with Crippen LogP contribution in [0.25, 0.3) is 11.4 Å². The first kappa shape index (κ1) is 22.7. The number of esters is 1. The van der Waals surface area contributed by atoms with Crippen molar-refractivity contribution in [2.24, 2.45) is 0 Å². The Morgan fingerprint density at radius 3 is 2.66 bits per heavy atom. The number of carbonyl (C=O) groups is 1. The van der Waals surface area contributed by atoms with E-state index in [-0.39, 0.29) is 30.2 Å². The fourth-order valence-electron chi connectivity index (χ4n) is 2.54. The Bertz CT molecular complexity index is 1110. The molecule has 3 aromatic rings. The summed E-state index contributed by atoms with van der Waals surface area (Å²) in [6.45, 7) is 1.91. The monoisotopic (exact) mass is 456 g/mol. The maximum atomic E-state index is 12.6. The molecule has 1 aromatic carbocycles. The number of hydrogen-bond donors (Lipinski definition) is 0. The molecule has 0 fully saturated rings. The summed E-state index contributed by atoms with van der Waals surface area (Å²) >= 11 is 0. The number of alkyl halides is 3. The van der Waals surface area contributed by atoms with Crippen LogP contribution in [0.2, 0.25) is 0 Å². The molecule has 0 spiro atoms. The van der Waals surface area contributed by atoms with Crippen molar-refractivity contribution in [1.82, 2.24) is 15.3 Å². The normalized spacial score (nSPS) is 11.4. The molecule has 14 heteroatoms. The number of halogens is 3. The van der Waals surface area contributed by atoms with Gasteiger partial charge in [-0.1, -0.05) is 10.3 Å². The molecule has 0 aliphatic rings. The van der Waals surface area contributed by atoms with Gasteiger partial charge in [0.25, 0.3) is 0 Å². The molecule has 0 atom stereocenters. The molecule has 0 amide bonds. The molecule has 0 saturated carbocycles. The van der Waals surface area contributed by atoms with E-state index < -0.39 is 34.5 Å². The Hall–Kier alpha value is -3.97. The van der Waals surface area contributed by atoms with Crippen molar-refractivity contribution >= 4 is 11.7 Å². The predicted molar refractivity (Wildman–Crippen MR) is 97.7 cm³/mol.